The Morgan fingerprint density at radius 2 is 1.59 bits per heavy atom. The zero-order valence-corrected chi connectivity index (χ0v) is 17.2. The van der Waals surface area contributed by atoms with E-state index in [-0.39, 0.29) is 0 Å². The molecule has 29 heavy (non-hydrogen) atoms. The number of hydrogen-bond acceptors (Lipinski definition) is 3. The third kappa shape index (κ3) is 4.43. The maximum atomic E-state index is 6.06. The molecule has 4 nitrogen and oxygen atoms in total. The smallest absolute Gasteiger partial charge is 0.148 e. The molecule has 0 aliphatic heterocycles. The van der Waals surface area contributed by atoms with Crippen LogP contribution in [0.5, 0.6) is 11.5 Å². The number of aromatic nitrogens is 2. The fourth-order valence-corrected chi connectivity index (χ4v) is 3.48. The van der Waals surface area contributed by atoms with Crippen molar-refractivity contribution in [2.75, 3.05) is 6.61 Å². The Labute approximate surface area is 171 Å². The highest BCUT2D eigenvalue weighted by atomic mass is 16.5. The molecule has 0 saturated heterocycles. The highest BCUT2D eigenvalue weighted by molar-refractivity contribution is 5.75. The summed E-state index contributed by atoms with van der Waals surface area (Å²) in [5, 5.41) is 0. The van der Waals surface area contributed by atoms with Gasteiger partial charge in [-0.05, 0) is 56.7 Å². The van der Waals surface area contributed by atoms with Crippen LogP contribution in [-0.2, 0) is 13.2 Å². The maximum absolute atomic E-state index is 6.06. The standard InChI is InChI=1S/C25H26N2O2/c1-18-8-11-21(12-9-18)29-17-25-26-22-6-4-5-7-23(22)27(25)14-15-28-24-13-10-19(2)16-20(24)3/h4-13,16H,14-15,17H2,1-3H3. The van der Waals surface area contributed by atoms with Gasteiger partial charge in [0.1, 0.15) is 30.5 Å². The summed E-state index contributed by atoms with van der Waals surface area (Å²) >= 11 is 0. The van der Waals surface area contributed by atoms with E-state index in [4.69, 9.17) is 14.5 Å². The number of benzene rings is 3. The van der Waals surface area contributed by atoms with Crippen LogP contribution < -0.4 is 9.47 Å². The van der Waals surface area contributed by atoms with Gasteiger partial charge >= 0.3 is 0 Å². The molecule has 0 saturated carbocycles. The molecule has 0 unspecified atom stereocenters. The second-order valence-corrected chi connectivity index (χ2v) is 7.39. The van der Waals surface area contributed by atoms with Crippen molar-refractivity contribution < 1.29 is 9.47 Å². The molecular formula is C25H26N2O2. The molecule has 0 aliphatic rings. The van der Waals surface area contributed by atoms with E-state index in [0.717, 1.165) is 33.9 Å². The number of fused-ring (bicyclic) bond motifs is 1. The van der Waals surface area contributed by atoms with Gasteiger partial charge in [0, 0.05) is 0 Å². The van der Waals surface area contributed by atoms with Gasteiger partial charge in [-0.3, -0.25) is 0 Å². The van der Waals surface area contributed by atoms with Gasteiger partial charge in [-0.2, -0.15) is 0 Å². The molecule has 3 aromatic carbocycles. The van der Waals surface area contributed by atoms with Gasteiger partial charge < -0.3 is 14.0 Å². The van der Waals surface area contributed by atoms with E-state index >= 15 is 0 Å². The lowest BCUT2D eigenvalue weighted by Crippen LogP contribution is -2.13. The Morgan fingerprint density at radius 1 is 0.828 bits per heavy atom. The average Bonchev–Trinajstić information content (AvgIpc) is 3.07. The van der Waals surface area contributed by atoms with E-state index in [1.807, 2.05) is 36.4 Å². The summed E-state index contributed by atoms with van der Waals surface area (Å²) in [7, 11) is 0. The molecule has 4 heteroatoms. The number of aryl methyl sites for hydroxylation is 3. The Morgan fingerprint density at radius 3 is 2.38 bits per heavy atom. The average molecular weight is 386 g/mol. The summed E-state index contributed by atoms with van der Waals surface area (Å²) < 4.78 is 14.2. The second kappa shape index (κ2) is 8.39. The minimum Gasteiger partial charge on any atom is -0.491 e. The van der Waals surface area contributed by atoms with Crippen LogP contribution in [0.1, 0.15) is 22.5 Å². The van der Waals surface area contributed by atoms with Gasteiger partial charge in [-0.25, -0.2) is 4.98 Å². The largest absolute Gasteiger partial charge is 0.491 e. The predicted molar refractivity (Wildman–Crippen MR) is 117 cm³/mol. The quantitative estimate of drug-likeness (QED) is 0.414. The molecule has 0 radical (unpaired) electrons. The van der Waals surface area contributed by atoms with Crippen LogP contribution >= 0.6 is 0 Å². The van der Waals surface area contributed by atoms with Gasteiger partial charge in [0.2, 0.25) is 0 Å². The zero-order chi connectivity index (χ0) is 20.2. The Hall–Kier alpha value is -3.27. The number of para-hydroxylation sites is 2. The van der Waals surface area contributed by atoms with Gasteiger partial charge in [0.15, 0.2) is 0 Å². The van der Waals surface area contributed by atoms with E-state index in [1.54, 1.807) is 0 Å². The van der Waals surface area contributed by atoms with Crippen LogP contribution in [0.4, 0.5) is 0 Å². The molecule has 1 aromatic heterocycles. The van der Waals surface area contributed by atoms with Crippen molar-refractivity contribution in [2.24, 2.45) is 0 Å². The second-order valence-electron chi connectivity index (χ2n) is 7.39. The Kier molecular flexibility index (Phi) is 5.52. The summed E-state index contributed by atoms with van der Waals surface area (Å²) in [6, 6.07) is 22.5. The van der Waals surface area contributed by atoms with Crippen LogP contribution in [0.2, 0.25) is 0 Å². The van der Waals surface area contributed by atoms with Gasteiger partial charge in [0.25, 0.3) is 0 Å². The molecule has 1 heterocycles. The third-order valence-electron chi connectivity index (χ3n) is 5.03. The van der Waals surface area contributed by atoms with Gasteiger partial charge in [0.05, 0.1) is 17.6 Å². The molecule has 0 spiro atoms. The Balaban J connectivity index is 1.50. The van der Waals surface area contributed by atoms with Gasteiger partial charge in [-0.15, -0.1) is 0 Å². The summed E-state index contributed by atoms with van der Waals surface area (Å²) in [6.07, 6.45) is 0. The molecule has 0 fully saturated rings. The summed E-state index contributed by atoms with van der Waals surface area (Å²) in [5.74, 6) is 2.68. The van der Waals surface area contributed by atoms with Gasteiger partial charge in [-0.1, -0.05) is 47.5 Å². The Bertz CT molecular complexity index is 1110. The molecule has 4 aromatic rings. The number of hydrogen-bond donors (Lipinski definition) is 0. The first kappa shape index (κ1) is 19.1. The van der Waals surface area contributed by atoms with E-state index in [2.05, 4.69) is 55.7 Å². The van der Waals surface area contributed by atoms with Crippen molar-refractivity contribution in [1.82, 2.24) is 9.55 Å². The first-order valence-electron chi connectivity index (χ1n) is 9.94. The molecule has 4 rings (SSSR count). The monoisotopic (exact) mass is 386 g/mol. The number of nitrogens with zero attached hydrogens (tertiary/aromatic N) is 2. The van der Waals surface area contributed by atoms with Crippen LogP contribution in [0.25, 0.3) is 11.0 Å². The molecular weight excluding hydrogens is 360 g/mol. The van der Waals surface area contributed by atoms with Crippen molar-refractivity contribution in [3.63, 3.8) is 0 Å². The molecule has 0 bridgehead atoms. The highest BCUT2D eigenvalue weighted by Crippen LogP contribution is 2.21. The van der Waals surface area contributed by atoms with Crippen molar-refractivity contribution in [3.05, 3.63) is 89.2 Å². The first-order chi connectivity index (χ1) is 14.1. The fraction of sp³-hybridized carbons (Fsp3) is 0.240. The molecule has 0 atom stereocenters. The topological polar surface area (TPSA) is 36.3 Å². The van der Waals surface area contributed by atoms with E-state index in [9.17, 15) is 0 Å². The summed E-state index contributed by atoms with van der Waals surface area (Å²) in [6.45, 7) is 7.94. The molecule has 148 valence electrons. The predicted octanol–water partition coefficient (Wildman–Crippen LogP) is 5.62. The van der Waals surface area contributed by atoms with E-state index < -0.39 is 0 Å². The zero-order valence-electron chi connectivity index (χ0n) is 17.2. The summed E-state index contributed by atoms with van der Waals surface area (Å²) in [4.78, 5) is 4.78. The lowest BCUT2D eigenvalue weighted by atomic mass is 10.1. The molecule has 0 aliphatic carbocycles. The van der Waals surface area contributed by atoms with E-state index in [1.165, 1.54) is 11.1 Å². The molecule has 0 amide bonds. The van der Waals surface area contributed by atoms with Crippen LogP contribution in [0.15, 0.2) is 66.7 Å². The summed E-state index contributed by atoms with van der Waals surface area (Å²) in [5.41, 5.74) is 5.68. The molecule has 0 N–H and O–H groups in total. The third-order valence-corrected chi connectivity index (χ3v) is 5.03. The lowest BCUT2D eigenvalue weighted by molar-refractivity contribution is 0.271. The van der Waals surface area contributed by atoms with Crippen molar-refractivity contribution in [1.29, 1.82) is 0 Å². The van der Waals surface area contributed by atoms with Crippen LogP contribution in [0, 0.1) is 20.8 Å². The minimum atomic E-state index is 0.418. The number of rotatable bonds is 7. The van der Waals surface area contributed by atoms with Crippen molar-refractivity contribution >= 4 is 11.0 Å². The SMILES string of the molecule is Cc1ccc(OCc2nc3ccccc3n2CCOc2ccc(C)cc2C)cc1. The van der Waals surface area contributed by atoms with Crippen molar-refractivity contribution in [2.45, 2.75) is 33.9 Å². The first-order valence-corrected chi connectivity index (χ1v) is 9.94. The lowest BCUT2D eigenvalue weighted by Gasteiger charge is -2.13. The van der Waals surface area contributed by atoms with E-state index in [0.29, 0.717) is 19.8 Å². The highest BCUT2D eigenvalue weighted by Gasteiger charge is 2.11. The van der Waals surface area contributed by atoms with Crippen molar-refractivity contribution in [3.8, 4) is 11.5 Å². The number of imidazole rings is 1. The van der Waals surface area contributed by atoms with Crippen LogP contribution in [-0.4, -0.2) is 16.2 Å². The maximum Gasteiger partial charge on any atom is 0.148 e. The fourth-order valence-electron chi connectivity index (χ4n) is 3.48. The minimum absolute atomic E-state index is 0.418. The number of ether oxygens (including phenoxy) is 2. The normalized spacial score (nSPS) is 11.0. The van der Waals surface area contributed by atoms with Crippen LogP contribution in [0.3, 0.4) is 0 Å².